The van der Waals surface area contributed by atoms with Gasteiger partial charge in [0.05, 0.1) is 21.3 Å². The summed E-state index contributed by atoms with van der Waals surface area (Å²) in [6.45, 7) is 0.480. The molecule has 28 heavy (non-hydrogen) atoms. The van der Waals surface area contributed by atoms with E-state index >= 15 is 0 Å². The summed E-state index contributed by atoms with van der Waals surface area (Å²) in [5.74, 6) is 1.89. The normalized spacial score (nSPS) is 10.4. The molecule has 3 rings (SSSR count). The van der Waals surface area contributed by atoms with E-state index in [0.717, 1.165) is 28.4 Å². The Morgan fingerprint density at radius 3 is 2.43 bits per heavy atom. The van der Waals surface area contributed by atoms with Crippen molar-refractivity contribution in [2.75, 3.05) is 27.9 Å². The molecule has 7 nitrogen and oxygen atoms in total. The summed E-state index contributed by atoms with van der Waals surface area (Å²) < 4.78 is 19.6. The van der Waals surface area contributed by atoms with Gasteiger partial charge >= 0.3 is 0 Å². The Balaban J connectivity index is 1.64. The van der Waals surface area contributed by atoms with Gasteiger partial charge in [0, 0.05) is 12.1 Å². The Morgan fingerprint density at radius 1 is 1.00 bits per heavy atom. The predicted octanol–water partition coefficient (Wildman–Crippen LogP) is 3.20. The maximum Gasteiger partial charge on any atom is 0.265 e. The highest BCUT2D eigenvalue weighted by Gasteiger charge is 2.17. The zero-order valence-corrected chi connectivity index (χ0v) is 16.7. The van der Waals surface area contributed by atoms with Gasteiger partial charge in [0.25, 0.3) is 5.91 Å². The Hall–Kier alpha value is -3.13. The van der Waals surface area contributed by atoms with Crippen LogP contribution in [0.5, 0.6) is 17.2 Å². The lowest BCUT2D eigenvalue weighted by Crippen LogP contribution is -2.25. The number of nitrogens with zero attached hydrogens (tertiary/aromatic N) is 2. The van der Waals surface area contributed by atoms with Crippen LogP contribution in [0.2, 0.25) is 0 Å². The fraction of sp³-hybridized carbons (Fsp3) is 0.250. The van der Waals surface area contributed by atoms with Gasteiger partial charge in [-0.25, -0.2) is 0 Å². The van der Waals surface area contributed by atoms with Gasteiger partial charge < -0.3 is 19.5 Å². The van der Waals surface area contributed by atoms with Crippen molar-refractivity contribution in [2.24, 2.45) is 0 Å². The van der Waals surface area contributed by atoms with Crippen molar-refractivity contribution in [3.05, 3.63) is 52.9 Å². The van der Waals surface area contributed by atoms with E-state index in [0.29, 0.717) is 35.0 Å². The average molecular weight is 399 g/mol. The topological polar surface area (TPSA) is 82.6 Å². The maximum absolute atomic E-state index is 12.6. The fourth-order valence-electron chi connectivity index (χ4n) is 2.71. The lowest BCUT2D eigenvalue weighted by atomic mass is 10.1. The molecule has 1 N–H and O–H groups in total. The van der Waals surface area contributed by atoms with Crippen LogP contribution in [0.25, 0.3) is 11.3 Å². The van der Waals surface area contributed by atoms with Gasteiger partial charge in [-0.05, 0) is 59.9 Å². The van der Waals surface area contributed by atoms with Crippen molar-refractivity contribution in [3.8, 4) is 28.5 Å². The number of benzene rings is 2. The quantitative estimate of drug-likeness (QED) is 0.626. The SMILES string of the molecule is COc1ccc(-c2nnsc2C(=O)NCCc2ccc(OC)c(OC)c2)cc1. The minimum absolute atomic E-state index is 0.193. The lowest BCUT2D eigenvalue weighted by Gasteiger charge is -2.10. The molecule has 0 aliphatic carbocycles. The molecule has 0 aliphatic rings. The summed E-state index contributed by atoms with van der Waals surface area (Å²) in [5, 5.41) is 7.03. The van der Waals surface area contributed by atoms with Gasteiger partial charge in [-0.1, -0.05) is 10.6 Å². The van der Waals surface area contributed by atoms with E-state index in [9.17, 15) is 4.79 Å². The molecule has 0 spiro atoms. The Bertz CT molecular complexity index is 941. The molecular weight excluding hydrogens is 378 g/mol. The van der Waals surface area contributed by atoms with E-state index in [1.54, 1.807) is 21.3 Å². The van der Waals surface area contributed by atoms with Crippen molar-refractivity contribution in [3.63, 3.8) is 0 Å². The summed E-state index contributed by atoms with van der Waals surface area (Å²) >= 11 is 1.08. The molecule has 0 fully saturated rings. The van der Waals surface area contributed by atoms with Crippen LogP contribution in [0.1, 0.15) is 15.2 Å². The smallest absolute Gasteiger partial charge is 0.265 e. The van der Waals surface area contributed by atoms with Crippen LogP contribution in [0, 0.1) is 0 Å². The molecule has 0 bridgehead atoms. The summed E-state index contributed by atoms with van der Waals surface area (Å²) in [6, 6.07) is 13.1. The molecule has 0 aliphatic heterocycles. The molecule has 1 aromatic heterocycles. The van der Waals surface area contributed by atoms with Crippen LogP contribution in [-0.2, 0) is 6.42 Å². The van der Waals surface area contributed by atoms with Crippen LogP contribution >= 0.6 is 11.5 Å². The van der Waals surface area contributed by atoms with Gasteiger partial charge in [0.1, 0.15) is 16.3 Å². The third-order valence-corrected chi connectivity index (χ3v) is 4.93. The summed E-state index contributed by atoms with van der Waals surface area (Å²) in [6.07, 6.45) is 0.663. The molecule has 1 amide bonds. The van der Waals surface area contributed by atoms with Crippen molar-refractivity contribution < 1.29 is 19.0 Å². The second-order valence-corrected chi connectivity index (χ2v) is 6.63. The Morgan fingerprint density at radius 2 is 1.75 bits per heavy atom. The molecule has 3 aromatic rings. The summed E-state index contributed by atoms with van der Waals surface area (Å²) in [5.41, 5.74) is 2.42. The van der Waals surface area contributed by atoms with E-state index in [1.165, 1.54) is 0 Å². The first kappa shape index (κ1) is 19.6. The highest BCUT2D eigenvalue weighted by Crippen LogP contribution is 2.28. The standard InChI is InChI=1S/C20H21N3O4S/c1-25-15-7-5-14(6-8-15)18-19(28-23-22-18)20(24)21-11-10-13-4-9-16(26-2)17(12-13)27-3/h4-9,12H,10-11H2,1-3H3,(H,21,24). The van der Waals surface area contributed by atoms with Gasteiger partial charge in [-0.15, -0.1) is 5.10 Å². The minimum atomic E-state index is -0.193. The molecule has 0 unspecified atom stereocenters. The highest BCUT2D eigenvalue weighted by atomic mass is 32.1. The first-order valence-corrected chi connectivity index (χ1v) is 9.39. The van der Waals surface area contributed by atoms with Gasteiger partial charge in [0.15, 0.2) is 11.5 Å². The second-order valence-electron chi connectivity index (χ2n) is 5.87. The number of carbonyl (C=O) groups is 1. The monoisotopic (exact) mass is 399 g/mol. The van der Waals surface area contributed by atoms with Gasteiger partial charge in [-0.3, -0.25) is 4.79 Å². The van der Waals surface area contributed by atoms with Crippen LogP contribution in [0.3, 0.4) is 0 Å². The number of aromatic nitrogens is 2. The Kier molecular flexibility index (Phi) is 6.44. The molecule has 0 saturated carbocycles. The molecule has 8 heteroatoms. The van der Waals surface area contributed by atoms with Crippen LogP contribution in [0.4, 0.5) is 0 Å². The van der Waals surface area contributed by atoms with Crippen LogP contribution < -0.4 is 19.5 Å². The fourth-order valence-corrected chi connectivity index (χ4v) is 3.32. The third-order valence-electron chi connectivity index (χ3n) is 4.20. The zero-order valence-electron chi connectivity index (χ0n) is 15.9. The molecule has 146 valence electrons. The van der Waals surface area contributed by atoms with Crippen molar-refractivity contribution >= 4 is 17.4 Å². The highest BCUT2D eigenvalue weighted by molar-refractivity contribution is 7.08. The van der Waals surface area contributed by atoms with Crippen molar-refractivity contribution in [1.29, 1.82) is 0 Å². The number of hydrogen-bond acceptors (Lipinski definition) is 7. The largest absolute Gasteiger partial charge is 0.497 e. The Labute approximate surface area is 167 Å². The maximum atomic E-state index is 12.6. The molecule has 0 atom stereocenters. The summed E-state index contributed by atoms with van der Waals surface area (Å²) in [7, 11) is 4.80. The lowest BCUT2D eigenvalue weighted by molar-refractivity contribution is 0.0958. The zero-order chi connectivity index (χ0) is 19.9. The molecule has 0 saturated heterocycles. The van der Waals surface area contributed by atoms with E-state index in [-0.39, 0.29) is 5.91 Å². The summed E-state index contributed by atoms with van der Waals surface area (Å²) in [4.78, 5) is 13.1. The number of ether oxygens (including phenoxy) is 3. The van der Waals surface area contributed by atoms with E-state index < -0.39 is 0 Å². The van der Waals surface area contributed by atoms with Gasteiger partial charge in [0.2, 0.25) is 0 Å². The molecule has 2 aromatic carbocycles. The van der Waals surface area contributed by atoms with Crippen LogP contribution in [0.15, 0.2) is 42.5 Å². The molecule has 0 radical (unpaired) electrons. The first-order chi connectivity index (χ1) is 13.7. The molecule has 1 heterocycles. The van der Waals surface area contributed by atoms with Crippen molar-refractivity contribution in [2.45, 2.75) is 6.42 Å². The number of carbonyl (C=O) groups excluding carboxylic acids is 1. The average Bonchev–Trinajstić information content (AvgIpc) is 3.23. The number of hydrogen-bond donors (Lipinski definition) is 1. The van der Waals surface area contributed by atoms with E-state index in [4.69, 9.17) is 14.2 Å². The van der Waals surface area contributed by atoms with Crippen LogP contribution in [-0.4, -0.2) is 43.4 Å². The minimum Gasteiger partial charge on any atom is -0.497 e. The van der Waals surface area contributed by atoms with E-state index in [2.05, 4.69) is 14.9 Å². The number of amides is 1. The third kappa shape index (κ3) is 4.40. The van der Waals surface area contributed by atoms with E-state index in [1.807, 2.05) is 42.5 Å². The number of nitrogens with one attached hydrogen (secondary N) is 1. The second kappa shape index (κ2) is 9.18. The predicted molar refractivity (Wildman–Crippen MR) is 107 cm³/mol. The number of rotatable bonds is 8. The molecular formula is C20H21N3O4S. The first-order valence-electron chi connectivity index (χ1n) is 8.62. The van der Waals surface area contributed by atoms with Gasteiger partial charge in [-0.2, -0.15) is 0 Å². The van der Waals surface area contributed by atoms with Crippen molar-refractivity contribution in [1.82, 2.24) is 14.9 Å². The number of methoxy groups -OCH3 is 3.